The van der Waals surface area contributed by atoms with Crippen molar-refractivity contribution in [3.05, 3.63) is 63.4 Å². The molecule has 3 aromatic rings. The molecule has 1 amide bonds. The number of nitrogens with zero attached hydrogens (tertiary/aromatic N) is 2. The fourth-order valence-corrected chi connectivity index (χ4v) is 2.68. The van der Waals surface area contributed by atoms with Crippen LogP contribution in [0.25, 0.3) is 11.3 Å². The summed E-state index contributed by atoms with van der Waals surface area (Å²) in [6, 6.07) is 9.85. The molecule has 0 saturated carbocycles. The van der Waals surface area contributed by atoms with E-state index >= 15 is 0 Å². The van der Waals surface area contributed by atoms with E-state index in [1.807, 2.05) is 0 Å². The molecule has 2 N–H and O–H groups in total. The van der Waals surface area contributed by atoms with E-state index in [1.54, 1.807) is 30.3 Å². The van der Waals surface area contributed by atoms with Gasteiger partial charge in [0.25, 0.3) is 5.91 Å². The molecule has 116 valence electrons. The molecular weight excluding hydrogens is 359 g/mol. The number of anilines is 1. The minimum Gasteiger partial charge on any atom is -0.305 e. The second kappa shape index (κ2) is 6.58. The van der Waals surface area contributed by atoms with Gasteiger partial charge in [0.2, 0.25) is 0 Å². The predicted octanol–water partition coefficient (Wildman–Crippen LogP) is 4.68. The van der Waals surface area contributed by atoms with E-state index in [9.17, 15) is 4.79 Å². The number of pyridine rings is 1. The molecule has 5 nitrogen and oxygen atoms in total. The van der Waals surface area contributed by atoms with Gasteiger partial charge in [0, 0.05) is 33.4 Å². The first-order valence-corrected chi connectivity index (χ1v) is 7.59. The normalized spacial score (nSPS) is 10.6. The van der Waals surface area contributed by atoms with Crippen LogP contribution in [0.4, 0.5) is 5.82 Å². The third-order valence-corrected chi connectivity index (χ3v) is 3.62. The van der Waals surface area contributed by atoms with Crippen LogP contribution >= 0.6 is 34.8 Å². The van der Waals surface area contributed by atoms with E-state index in [0.717, 1.165) is 5.56 Å². The molecule has 0 bridgehead atoms. The molecule has 0 aliphatic carbocycles. The van der Waals surface area contributed by atoms with Crippen molar-refractivity contribution < 1.29 is 4.79 Å². The first-order valence-electron chi connectivity index (χ1n) is 6.46. The number of rotatable bonds is 3. The number of nitrogens with one attached hydrogen (secondary N) is 2. The number of H-pyrrole nitrogens is 1. The molecule has 8 heteroatoms. The van der Waals surface area contributed by atoms with Crippen molar-refractivity contribution in [1.29, 1.82) is 0 Å². The standard InChI is InChI=1S/C15H9Cl3N4O/c16-10-3-9(4-11(17)6-10)12-7-14(22-21-12)20-15(23)8-1-2-19-13(18)5-8/h1-7H,(H2,20,21,22,23). The van der Waals surface area contributed by atoms with Crippen LogP contribution in [-0.4, -0.2) is 21.1 Å². The van der Waals surface area contributed by atoms with Gasteiger partial charge in [-0.25, -0.2) is 4.98 Å². The Morgan fingerprint density at radius 3 is 2.48 bits per heavy atom. The SMILES string of the molecule is O=C(Nc1cc(-c2cc(Cl)cc(Cl)c2)[nH]n1)c1ccnc(Cl)c1. The van der Waals surface area contributed by atoms with E-state index in [1.165, 1.54) is 12.3 Å². The molecule has 23 heavy (non-hydrogen) atoms. The fraction of sp³-hybridized carbons (Fsp3) is 0. The Balaban J connectivity index is 1.81. The van der Waals surface area contributed by atoms with Gasteiger partial charge in [0.05, 0.1) is 5.69 Å². The lowest BCUT2D eigenvalue weighted by atomic mass is 10.1. The number of hydrogen-bond acceptors (Lipinski definition) is 3. The summed E-state index contributed by atoms with van der Waals surface area (Å²) in [6.45, 7) is 0. The van der Waals surface area contributed by atoms with Gasteiger partial charge in [-0.1, -0.05) is 34.8 Å². The Bertz CT molecular complexity index is 858. The fourth-order valence-electron chi connectivity index (χ4n) is 1.98. The lowest BCUT2D eigenvalue weighted by Gasteiger charge is -2.01. The highest BCUT2D eigenvalue weighted by Gasteiger charge is 2.11. The maximum Gasteiger partial charge on any atom is 0.257 e. The zero-order valence-electron chi connectivity index (χ0n) is 11.5. The van der Waals surface area contributed by atoms with E-state index < -0.39 is 0 Å². The number of carbonyl (C=O) groups excluding carboxylic acids is 1. The Kier molecular flexibility index (Phi) is 4.52. The van der Waals surface area contributed by atoms with Gasteiger partial charge in [-0.2, -0.15) is 5.10 Å². The van der Waals surface area contributed by atoms with Crippen molar-refractivity contribution in [3.8, 4) is 11.3 Å². The summed E-state index contributed by atoms with van der Waals surface area (Å²) in [5.74, 6) is 0.0329. The highest BCUT2D eigenvalue weighted by atomic mass is 35.5. The van der Waals surface area contributed by atoms with Crippen LogP contribution in [0.3, 0.4) is 0 Å². The number of aromatic amines is 1. The number of amides is 1. The Morgan fingerprint density at radius 1 is 1.04 bits per heavy atom. The average molecular weight is 368 g/mol. The van der Waals surface area contributed by atoms with Crippen molar-refractivity contribution in [2.75, 3.05) is 5.32 Å². The summed E-state index contributed by atoms with van der Waals surface area (Å²) in [5, 5.41) is 10.8. The minimum atomic E-state index is -0.337. The summed E-state index contributed by atoms with van der Waals surface area (Å²) < 4.78 is 0. The summed E-state index contributed by atoms with van der Waals surface area (Å²) in [5.41, 5.74) is 1.83. The van der Waals surface area contributed by atoms with Gasteiger partial charge < -0.3 is 5.32 Å². The van der Waals surface area contributed by atoms with Crippen molar-refractivity contribution in [1.82, 2.24) is 15.2 Å². The molecule has 3 rings (SSSR count). The topological polar surface area (TPSA) is 70.7 Å². The molecule has 0 radical (unpaired) electrons. The van der Waals surface area contributed by atoms with E-state index in [0.29, 0.717) is 27.1 Å². The third kappa shape index (κ3) is 3.82. The highest BCUT2D eigenvalue weighted by Crippen LogP contribution is 2.27. The second-order valence-electron chi connectivity index (χ2n) is 4.65. The summed E-state index contributed by atoms with van der Waals surface area (Å²) in [6.07, 6.45) is 1.46. The van der Waals surface area contributed by atoms with E-state index in [-0.39, 0.29) is 11.1 Å². The van der Waals surface area contributed by atoms with Gasteiger partial charge in [-0.05, 0) is 30.3 Å². The average Bonchev–Trinajstić information content (AvgIpc) is 2.95. The highest BCUT2D eigenvalue weighted by molar-refractivity contribution is 6.35. The molecule has 0 aliphatic rings. The molecule has 0 fully saturated rings. The van der Waals surface area contributed by atoms with Crippen LogP contribution < -0.4 is 5.32 Å². The van der Waals surface area contributed by atoms with Crippen molar-refractivity contribution in [2.45, 2.75) is 0 Å². The minimum absolute atomic E-state index is 0.244. The first-order chi connectivity index (χ1) is 11.0. The summed E-state index contributed by atoms with van der Waals surface area (Å²) in [4.78, 5) is 16.0. The number of aromatic nitrogens is 3. The van der Waals surface area contributed by atoms with Crippen molar-refractivity contribution in [3.63, 3.8) is 0 Å². The molecule has 0 atom stereocenters. The number of halogens is 3. The van der Waals surface area contributed by atoms with Gasteiger partial charge >= 0.3 is 0 Å². The van der Waals surface area contributed by atoms with Crippen LogP contribution in [0.2, 0.25) is 15.2 Å². The van der Waals surface area contributed by atoms with Crippen LogP contribution in [0.15, 0.2) is 42.6 Å². The van der Waals surface area contributed by atoms with Crippen molar-refractivity contribution >= 4 is 46.5 Å². The van der Waals surface area contributed by atoms with E-state index in [4.69, 9.17) is 34.8 Å². The number of hydrogen-bond donors (Lipinski definition) is 2. The maximum atomic E-state index is 12.1. The first kappa shape index (κ1) is 15.8. The van der Waals surface area contributed by atoms with Crippen LogP contribution in [0.1, 0.15) is 10.4 Å². The van der Waals surface area contributed by atoms with Gasteiger partial charge in [0.1, 0.15) is 5.15 Å². The molecule has 1 aromatic carbocycles. The Hall–Kier alpha value is -2.08. The van der Waals surface area contributed by atoms with Gasteiger partial charge in [-0.15, -0.1) is 0 Å². The van der Waals surface area contributed by atoms with Crippen molar-refractivity contribution in [2.24, 2.45) is 0 Å². The van der Waals surface area contributed by atoms with Crippen LogP contribution in [-0.2, 0) is 0 Å². The molecule has 0 unspecified atom stereocenters. The van der Waals surface area contributed by atoms with Crippen LogP contribution in [0.5, 0.6) is 0 Å². The molecule has 2 aromatic heterocycles. The van der Waals surface area contributed by atoms with Gasteiger partial charge in [-0.3, -0.25) is 9.89 Å². The second-order valence-corrected chi connectivity index (χ2v) is 5.91. The lowest BCUT2D eigenvalue weighted by Crippen LogP contribution is -2.12. The molecule has 0 saturated heterocycles. The number of carbonyl (C=O) groups is 1. The quantitative estimate of drug-likeness (QED) is 0.660. The lowest BCUT2D eigenvalue weighted by molar-refractivity contribution is 0.102. The predicted molar refractivity (Wildman–Crippen MR) is 91.2 cm³/mol. The zero-order valence-corrected chi connectivity index (χ0v) is 13.7. The monoisotopic (exact) mass is 366 g/mol. The molecule has 0 aliphatic heterocycles. The Labute approximate surface area is 146 Å². The summed E-state index contributed by atoms with van der Waals surface area (Å²) >= 11 is 17.7. The largest absolute Gasteiger partial charge is 0.305 e. The zero-order chi connectivity index (χ0) is 16.4. The number of benzene rings is 1. The molecule has 0 spiro atoms. The third-order valence-electron chi connectivity index (χ3n) is 2.98. The molecular formula is C15H9Cl3N4O. The molecule has 2 heterocycles. The van der Waals surface area contributed by atoms with Crippen LogP contribution in [0, 0.1) is 0 Å². The van der Waals surface area contributed by atoms with Gasteiger partial charge in [0.15, 0.2) is 5.82 Å². The maximum absolute atomic E-state index is 12.1. The summed E-state index contributed by atoms with van der Waals surface area (Å²) in [7, 11) is 0. The smallest absolute Gasteiger partial charge is 0.257 e. The Morgan fingerprint density at radius 2 is 1.78 bits per heavy atom. The van der Waals surface area contributed by atoms with E-state index in [2.05, 4.69) is 20.5 Å².